The molecule has 2 unspecified atom stereocenters. The van der Waals surface area contributed by atoms with Crippen LogP contribution in [-0.2, 0) is 0 Å². The minimum atomic E-state index is -0.620. The molecular formula is C33H33F3N4O2. The fourth-order valence-corrected chi connectivity index (χ4v) is 6.58. The van der Waals surface area contributed by atoms with Gasteiger partial charge in [-0.1, -0.05) is 18.1 Å². The molecule has 0 bridgehead atoms. The number of piperidine rings is 1. The maximum atomic E-state index is 16.0. The number of rotatable bonds is 3. The number of halogens is 3. The maximum Gasteiger partial charge on any atom is 0.318 e. The Hall–Kier alpha value is -4.03. The van der Waals surface area contributed by atoms with Crippen molar-refractivity contribution in [2.75, 3.05) is 38.2 Å². The summed E-state index contributed by atoms with van der Waals surface area (Å²) in [5, 5.41) is 11.7. The zero-order chi connectivity index (χ0) is 29.4. The van der Waals surface area contributed by atoms with Crippen LogP contribution in [0.1, 0.15) is 44.1 Å². The van der Waals surface area contributed by atoms with Gasteiger partial charge in [-0.3, -0.25) is 4.90 Å². The number of benzene rings is 3. The molecule has 9 heteroatoms. The lowest BCUT2D eigenvalue weighted by Gasteiger charge is -2.28. The summed E-state index contributed by atoms with van der Waals surface area (Å²) in [6, 6.07) is 9.63. The second kappa shape index (κ2) is 11.7. The van der Waals surface area contributed by atoms with Crippen molar-refractivity contribution in [2.24, 2.45) is 0 Å². The number of aromatic hydroxyl groups is 1. The van der Waals surface area contributed by atoms with Crippen molar-refractivity contribution in [3.8, 4) is 35.2 Å². The quantitative estimate of drug-likeness (QED) is 0.278. The van der Waals surface area contributed by atoms with Gasteiger partial charge in [0.2, 0.25) is 0 Å². The van der Waals surface area contributed by atoms with E-state index in [0.717, 1.165) is 45.3 Å². The Morgan fingerprint density at radius 2 is 1.81 bits per heavy atom. The zero-order valence-corrected chi connectivity index (χ0v) is 23.5. The van der Waals surface area contributed by atoms with Crippen LogP contribution in [0.5, 0.6) is 11.8 Å². The average Bonchev–Trinajstić information content (AvgIpc) is 3.58. The predicted molar refractivity (Wildman–Crippen MR) is 159 cm³/mol. The van der Waals surface area contributed by atoms with Crippen LogP contribution in [0.4, 0.5) is 19.0 Å². The van der Waals surface area contributed by atoms with E-state index >= 15 is 4.39 Å². The highest BCUT2D eigenvalue weighted by Gasteiger charge is 2.34. The van der Waals surface area contributed by atoms with E-state index in [1.807, 2.05) is 0 Å². The van der Waals surface area contributed by atoms with E-state index in [4.69, 9.17) is 11.2 Å². The normalized spacial score (nSPS) is 20.3. The van der Waals surface area contributed by atoms with E-state index in [1.165, 1.54) is 44.2 Å². The Labute approximate surface area is 243 Å². The molecule has 0 saturated carbocycles. The molecular weight excluding hydrogens is 541 g/mol. The van der Waals surface area contributed by atoms with E-state index in [-0.39, 0.29) is 34.0 Å². The summed E-state index contributed by atoms with van der Waals surface area (Å²) in [5.74, 6) is 1.70. The summed E-state index contributed by atoms with van der Waals surface area (Å²) in [6.45, 7) is 3.50. The molecule has 1 N–H and O–H groups in total. The highest BCUT2D eigenvalue weighted by molar-refractivity contribution is 6.04. The van der Waals surface area contributed by atoms with Gasteiger partial charge >= 0.3 is 6.01 Å². The first-order valence-corrected chi connectivity index (χ1v) is 14.5. The molecule has 42 heavy (non-hydrogen) atoms. The maximum absolute atomic E-state index is 16.0. The fourth-order valence-electron chi connectivity index (χ4n) is 6.58. The molecule has 4 aromatic rings. The van der Waals surface area contributed by atoms with E-state index in [1.54, 1.807) is 12.1 Å². The number of aromatic nitrogens is 2. The average molecular weight is 575 g/mol. The van der Waals surface area contributed by atoms with Gasteiger partial charge in [-0.15, -0.1) is 6.42 Å². The van der Waals surface area contributed by atoms with Crippen LogP contribution < -0.4 is 9.64 Å². The fraction of sp³-hybridized carbons (Fsp3) is 0.394. The van der Waals surface area contributed by atoms with Gasteiger partial charge in [-0.05, 0) is 80.3 Å². The van der Waals surface area contributed by atoms with Crippen LogP contribution >= 0.6 is 0 Å². The Bertz CT molecular complexity index is 1670. The number of phenolic OH excluding ortho intramolecular Hbond substituents is 1. The first-order chi connectivity index (χ1) is 20.4. The van der Waals surface area contributed by atoms with Gasteiger partial charge in [0.1, 0.15) is 29.1 Å². The predicted octanol–water partition coefficient (Wildman–Crippen LogP) is 6.61. The summed E-state index contributed by atoms with van der Waals surface area (Å²) in [7, 11) is 1.44. The van der Waals surface area contributed by atoms with Crippen LogP contribution in [0.25, 0.3) is 32.8 Å². The minimum Gasteiger partial charge on any atom is -0.508 e. The van der Waals surface area contributed by atoms with E-state index < -0.39 is 17.8 Å². The SMILES string of the molecule is C#Cc1c(F)ccc2cc(O)cc(-c3ccc4c(N5CCCCC5)nc(OC)nc4c3F)c12.FC1CC2CCCN2C1. The molecule has 2 atom stereocenters. The molecule has 4 heterocycles. The van der Waals surface area contributed by atoms with E-state index in [0.29, 0.717) is 34.6 Å². The highest BCUT2D eigenvalue weighted by atomic mass is 19.1. The minimum absolute atomic E-state index is 0.0104. The molecule has 3 aromatic carbocycles. The van der Waals surface area contributed by atoms with Gasteiger partial charge in [0.15, 0.2) is 5.82 Å². The van der Waals surface area contributed by atoms with Crippen molar-refractivity contribution in [2.45, 2.75) is 50.7 Å². The summed E-state index contributed by atoms with van der Waals surface area (Å²) in [5.41, 5.74) is 0.538. The molecule has 3 saturated heterocycles. The zero-order valence-electron chi connectivity index (χ0n) is 23.5. The van der Waals surface area contributed by atoms with Crippen molar-refractivity contribution in [1.29, 1.82) is 0 Å². The second-order valence-electron chi connectivity index (χ2n) is 11.2. The van der Waals surface area contributed by atoms with Crippen molar-refractivity contribution in [1.82, 2.24) is 14.9 Å². The number of alkyl halides is 1. The number of methoxy groups -OCH3 is 1. The van der Waals surface area contributed by atoms with Gasteiger partial charge in [0.25, 0.3) is 0 Å². The first-order valence-electron chi connectivity index (χ1n) is 14.5. The van der Waals surface area contributed by atoms with Crippen LogP contribution in [0.3, 0.4) is 0 Å². The largest absolute Gasteiger partial charge is 0.508 e. The van der Waals surface area contributed by atoms with Crippen molar-refractivity contribution in [3.05, 3.63) is 53.6 Å². The number of phenols is 1. The Balaban J connectivity index is 0.000000296. The Morgan fingerprint density at radius 1 is 1.00 bits per heavy atom. The number of fused-ring (bicyclic) bond motifs is 3. The molecule has 0 aliphatic carbocycles. The van der Waals surface area contributed by atoms with E-state index in [9.17, 15) is 13.9 Å². The number of hydrogen-bond donors (Lipinski definition) is 1. The molecule has 1 aromatic heterocycles. The summed E-state index contributed by atoms with van der Waals surface area (Å²) >= 11 is 0. The molecule has 6 nitrogen and oxygen atoms in total. The lowest BCUT2D eigenvalue weighted by atomic mass is 9.93. The number of ether oxygens (including phenoxy) is 1. The van der Waals surface area contributed by atoms with Crippen LogP contribution in [0.2, 0.25) is 0 Å². The number of nitrogens with zero attached hydrogens (tertiary/aromatic N) is 4. The van der Waals surface area contributed by atoms with Gasteiger partial charge in [0, 0.05) is 42.0 Å². The standard InChI is InChI=1S/C26H21F2N3O2.C7H12FN/c1-3-17-21(27)10-7-15-13-16(32)14-20(22(15)17)18-8-9-19-24(23(18)28)29-26(33-2)30-25(19)31-11-5-4-6-12-31;8-6-4-7-2-1-3-9(7)5-6/h1,7-10,13-14,32H,4-6,11-12H2,2H3;6-7H,1-5H2. The molecule has 7 rings (SSSR count). The highest BCUT2D eigenvalue weighted by Crippen LogP contribution is 2.40. The monoisotopic (exact) mass is 574 g/mol. The molecule has 0 spiro atoms. The van der Waals surface area contributed by atoms with Crippen molar-refractivity contribution in [3.63, 3.8) is 0 Å². The molecule has 0 amide bonds. The molecule has 3 aliphatic heterocycles. The molecule has 218 valence electrons. The Morgan fingerprint density at radius 3 is 2.55 bits per heavy atom. The van der Waals surface area contributed by atoms with Gasteiger partial charge in [0.05, 0.1) is 12.7 Å². The number of hydrogen-bond acceptors (Lipinski definition) is 6. The van der Waals surface area contributed by atoms with Crippen molar-refractivity contribution < 1.29 is 23.0 Å². The van der Waals surface area contributed by atoms with E-state index in [2.05, 4.69) is 25.7 Å². The Kier molecular flexibility index (Phi) is 7.82. The first kappa shape index (κ1) is 28.1. The van der Waals surface area contributed by atoms with Crippen LogP contribution in [0.15, 0.2) is 36.4 Å². The van der Waals surface area contributed by atoms with Gasteiger partial charge in [-0.2, -0.15) is 9.97 Å². The van der Waals surface area contributed by atoms with Crippen LogP contribution in [0, 0.1) is 24.0 Å². The lowest BCUT2D eigenvalue weighted by molar-refractivity contribution is 0.292. The van der Waals surface area contributed by atoms with Crippen LogP contribution in [-0.4, -0.2) is 65.5 Å². The van der Waals surface area contributed by atoms with Crippen molar-refractivity contribution >= 4 is 27.5 Å². The third kappa shape index (κ3) is 5.20. The summed E-state index contributed by atoms with van der Waals surface area (Å²) < 4.78 is 48.4. The van der Waals surface area contributed by atoms with Gasteiger partial charge < -0.3 is 14.7 Å². The third-order valence-corrected chi connectivity index (χ3v) is 8.55. The topological polar surface area (TPSA) is 61.7 Å². The third-order valence-electron chi connectivity index (χ3n) is 8.55. The molecule has 3 aliphatic rings. The molecule has 3 fully saturated rings. The number of anilines is 1. The number of terminal acetylenes is 1. The summed E-state index contributed by atoms with van der Waals surface area (Å²) in [6.07, 6.45) is 11.6. The lowest BCUT2D eigenvalue weighted by Crippen LogP contribution is -2.30. The second-order valence-corrected chi connectivity index (χ2v) is 11.2. The summed E-state index contributed by atoms with van der Waals surface area (Å²) in [4.78, 5) is 13.2. The molecule has 0 radical (unpaired) electrons. The smallest absolute Gasteiger partial charge is 0.318 e. The van der Waals surface area contributed by atoms with Gasteiger partial charge in [-0.25, -0.2) is 13.2 Å².